The summed E-state index contributed by atoms with van der Waals surface area (Å²) < 4.78 is 50.3. The van der Waals surface area contributed by atoms with Crippen molar-refractivity contribution in [3.05, 3.63) is 106 Å². The molecule has 0 bridgehead atoms. The maximum absolute atomic E-state index is 13.6. The molecule has 0 atom stereocenters. The fourth-order valence-corrected chi connectivity index (χ4v) is 4.42. The monoisotopic (exact) mass is 565 g/mol. The van der Waals surface area contributed by atoms with E-state index in [2.05, 4.69) is 4.74 Å². The summed E-state index contributed by atoms with van der Waals surface area (Å²) >= 11 is 0. The number of carbonyl (C=O) groups excluding carboxylic acids is 1. The van der Waals surface area contributed by atoms with Crippen LogP contribution in [0.25, 0.3) is 17.0 Å². The van der Waals surface area contributed by atoms with E-state index in [-0.39, 0.29) is 12.4 Å². The molecule has 3 aromatic carbocycles. The number of rotatable bonds is 10. The van der Waals surface area contributed by atoms with Gasteiger partial charge >= 0.3 is 12.3 Å². The fourth-order valence-electron chi connectivity index (χ4n) is 4.42. The van der Waals surface area contributed by atoms with Crippen LogP contribution in [0.1, 0.15) is 52.2 Å². The van der Waals surface area contributed by atoms with Crippen molar-refractivity contribution in [1.82, 2.24) is 4.57 Å². The number of carboxylic acid groups (broad SMARTS) is 1. The van der Waals surface area contributed by atoms with Gasteiger partial charge in [0, 0.05) is 28.7 Å². The summed E-state index contributed by atoms with van der Waals surface area (Å²) in [7, 11) is 0. The van der Waals surface area contributed by atoms with Gasteiger partial charge in [-0.2, -0.15) is 0 Å². The largest absolute Gasteiger partial charge is 0.573 e. The Kier molecular flexibility index (Phi) is 8.39. The molecule has 1 aromatic heterocycles. The number of halogens is 3. The third-order valence-electron chi connectivity index (χ3n) is 6.76. The van der Waals surface area contributed by atoms with Crippen LogP contribution in [0, 0.1) is 13.8 Å². The number of aliphatic carboxylic acids is 1. The van der Waals surface area contributed by atoms with Crippen LogP contribution in [0.5, 0.6) is 5.75 Å². The Morgan fingerprint density at radius 1 is 0.951 bits per heavy atom. The molecule has 1 N–H and O–H groups in total. The van der Waals surface area contributed by atoms with Crippen LogP contribution in [0.3, 0.4) is 0 Å². The predicted molar refractivity (Wildman–Crippen MR) is 150 cm³/mol. The average molecular weight is 566 g/mol. The molecule has 0 aliphatic carbocycles. The minimum absolute atomic E-state index is 0.132. The Hall–Kier alpha value is -4.37. The number of nitrogens with zero attached hydrogens (tertiary/aromatic N) is 1. The highest BCUT2D eigenvalue weighted by Crippen LogP contribution is 2.34. The number of aromatic nitrogens is 1. The summed E-state index contributed by atoms with van der Waals surface area (Å²) in [5.74, 6) is -1.73. The first-order chi connectivity index (χ1) is 19.2. The molecule has 214 valence electrons. The van der Waals surface area contributed by atoms with Gasteiger partial charge in [-0.15, -0.1) is 13.2 Å². The third-order valence-corrected chi connectivity index (χ3v) is 6.76. The Bertz CT molecular complexity index is 1600. The maximum Gasteiger partial charge on any atom is 0.573 e. The number of carboxylic acids is 1. The summed E-state index contributed by atoms with van der Waals surface area (Å²) in [6.07, 6.45) is -1.31. The normalized spacial score (nSPS) is 12.3. The van der Waals surface area contributed by atoms with Gasteiger partial charge in [0.2, 0.25) is 0 Å². The molecule has 0 radical (unpaired) electrons. The zero-order valence-corrected chi connectivity index (χ0v) is 23.1. The van der Waals surface area contributed by atoms with E-state index in [0.29, 0.717) is 34.3 Å². The van der Waals surface area contributed by atoms with E-state index >= 15 is 0 Å². The highest BCUT2D eigenvalue weighted by molar-refractivity contribution is 6.17. The molecule has 4 rings (SSSR count). The zero-order chi connectivity index (χ0) is 29.9. The third kappa shape index (κ3) is 7.05. The zero-order valence-electron chi connectivity index (χ0n) is 23.1. The summed E-state index contributed by atoms with van der Waals surface area (Å²) in [5, 5.41) is 9.51. The lowest BCUT2D eigenvalue weighted by molar-refractivity contribution is -0.274. The van der Waals surface area contributed by atoms with Gasteiger partial charge in [0.25, 0.3) is 0 Å². The van der Waals surface area contributed by atoms with Crippen molar-refractivity contribution in [1.29, 1.82) is 0 Å². The second-order valence-electron chi connectivity index (χ2n) is 10.2. The maximum atomic E-state index is 13.6. The molecule has 0 unspecified atom stereocenters. The number of alkyl halides is 3. The number of carbonyl (C=O) groups is 2. The number of hydrogen-bond acceptors (Lipinski definition) is 4. The van der Waals surface area contributed by atoms with Crippen molar-refractivity contribution in [3.63, 3.8) is 0 Å². The first kappa shape index (κ1) is 29.6. The molecule has 0 saturated carbocycles. The number of benzene rings is 3. The van der Waals surface area contributed by atoms with Crippen LogP contribution in [-0.4, -0.2) is 40.0 Å². The number of fused-ring (bicyclic) bond motifs is 1. The Balaban J connectivity index is 1.64. The first-order valence-corrected chi connectivity index (χ1v) is 12.9. The number of aryl methyl sites for hydroxylation is 1. The first-order valence-electron chi connectivity index (χ1n) is 12.9. The highest BCUT2D eigenvalue weighted by Gasteiger charge is 2.32. The quantitative estimate of drug-likeness (QED) is 0.204. The standard InChI is InChI=1S/C32H30F3NO5/c1-20-7-13-24(14-8-20)29(37)28-21(2)36(27-16-15-25(18-26(27)28)41-32(33,34)35)19-23-11-9-22(10-12-23)6-5-17-40-31(3,4)30(38)39/h5-16,18H,17,19H2,1-4H3,(H,38,39)/b6-5+. The molecule has 0 amide bonds. The minimum Gasteiger partial charge on any atom is -0.479 e. The van der Waals surface area contributed by atoms with Crippen molar-refractivity contribution in [3.8, 4) is 5.75 Å². The van der Waals surface area contributed by atoms with Gasteiger partial charge in [0.15, 0.2) is 11.4 Å². The van der Waals surface area contributed by atoms with Crippen LogP contribution in [0.4, 0.5) is 13.2 Å². The summed E-state index contributed by atoms with van der Waals surface area (Å²) in [5.41, 5.74) is 3.47. The van der Waals surface area contributed by atoms with Crippen LogP contribution in [0.2, 0.25) is 0 Å². The van der Waals surface area contributed by atoms with Gasteiger partial charge in [-0.25, -0.2) is 4.79 Å². The lowest BCUT2D eigenvalue weighted by atomic mass is 9.99. The van der Waals surface area contributed by atoms with E-state index in [0.717, 1.165) is 16.7 Å². The van der Waals surface area contributed by atoms with Gasteiger partial charge in [0.1, 0.15) is 5.75 Å². The van der Waals surface area contributed by atoms with E-state index in [9.17, 15) is 22.8 Å². The molecular formula is C32H30F3NO5. The molecule has 6 nitrogen and oxygen atoms in total. The van der Waals surface area contributed by atoms with Gasteiger partial charge in [0.05, 0.1) is 12.2 Å². The number of hydrogen-bond donors (Lipinski definition) is 1. The van der Waals surface area contributed by atoms with Gasteiger partial charge in [-0.3, -0.25) is 4.79 Å². The lowest BCUT2D eigenvalue weighted by Gasteiger charge is -2.18. The van der Waals surface area contributed by atoms with Crippen LogP contribution in [-0.2, 0) is 16.1 Å². The van der Waals surface area contributed by atoms with Crippen molar-refractivity contribution in [2.75, 3.05) is 6.61 Å². The molecule has 0 aliphatic heterocycles. The summed E-state index contributed by atoms with van der Waals surface area (Å²) in [6, 6.07) is 18.7. The van der Waals surface area contributed by atoms with Gasteiger partial charge in [-0.05, 0) is 57.0 Å². The van der Waals surface area contributed by atoms with E-state index in [1.165, 1.54) is 32.0 Å². The number of ketones is 1. The topological polar surface area (TPSA) is 77.8 Å². The van der Waals surface area contributed by atoms with Crippen molar-refractivity contribution >= 4 is 28.7 Å². The van der Waals surface area contributed by atoms with Crippen LogP contribution in [0.15, 0.2) is 72.8 Å². The van der Waals surface area contributed by atoms with E-state index in [1.54, 1.807) is 25.1 Å². The smallest absolute Gasteiger partial charge is 0.479 e. The van der Waals surface area contributed by atoms with Crippen LogP contribution >= 0.6 is 0 Å². The highest BCUT2D eigenvalue weighted by atomic mass is 19.4. The van der Waals surface area contributed by atoms with Crippen molar-refractivity contribution < 1.29 is 37.3 Å². The Labute approximate surface area is 235 Å². The van der Waals surface area contributed by atoms with Gasteiger partial charge in [-0.1, -0.05) is 66.2 Å². The molecule has 0 fully saturated rings. The molecule has 0 aliphatic rings. The average Bonchev–Trinajstić information content (AvgIpc) is 3.16. The van der Waals surface area contributed by atoms with Crippen molar-refractivity contribution in [2.45, 2.75) is 46.2 Å². The fraction of sp³-hybridized carbons (Fsp3) is 0.250. The van der Waals surface area contributed by atoms with E-state index < -0.39 is 23.7 Å². The van der Waals surface area contributed by atoms with Crippen molar-refractivity contribution in [2.24, 2.45) is 0 Å². The molecule has 0 spiro atoms. The number of ether oxygens (including phenoxy) is 2. The van der Waals surface area contributed by atoms with E-state index in [4.69, 9.17) is 9.84 Å². The molecule has 0 saturated heterocycles. The second kappa shape index (κ2) is 11.6. The minimum atomic E-state index is -4.86. The molecule has 4 aromatic rings. The molecule has 9 heteroatoms. The van der Waals surface area contributed by atoms with Crippen LogP contribution < -0.4 is 4.74 Å². The second-order valence-corrected chi connectivity index (χ2v) is 10.2. The Morgan fingerprint density at radius 3 is 2.22 bits per heavy atom. The lowest BCUT2D eigenvalue weighted by Crippen LogP contribution is -2.34. The van der Waals surface area contributed by atoms with E-state index in [1.807, 2.05) is 54.0 Å². The predicted octanol–water partition coefficient (Wildman–Crippen LogP) is 7.33. The summed E-state index contributed by atoms with van der Waals surface area (Å²) in [6.45, 7) is 7.16. The molecular weight excluding hydrogens is 535 g/mol. The molecule has 41 heavy (non-hydrogen) atoms. The summed E-state index contributed by atoms with van der Waals surface area (Å²) in [4.78, 5) is 24.7. The Morgan fingerprint density at radius 2 is 1.61 bits per heavy atom. The van der Waals surface area contributed by atoms with Gasteiger partial charge < -0.3 is 19.1 Å². The molecule has 1 heterocycles. The SMILES string of the molecule is Cc1ccc(C(=O)c2c(C)n(Cc3ccc(/C=C/COC(C)(C)C(=O)O)cc3)c3ccc(OC(F)(F)F)cc23)cc1.